The molecule has 2 aromatic rings. The van der Waals surface area contributed by atoms with Crippen molar-refractivity contribution < 1.29 is 19.2 Å². The number of hydrogen-bond acceptors (Lipinski definition) is 6. The molecule has 8 heteroatoms. The zero-order valence-electron chi connectivity index (χ0n) is 9.57. The van der Waals surface area contributed by atoms with Crippen molar-refractivity contribution in [2.75, 3.05) is 5.32 Å². The van der Waals surface area contributed by atoms with Gasteiger partial charge in [0, 0.05) is 18.2 Å². The first-order valence-electron chi connectivity index (χ1n) is 5.20. The first kappa shape index (κ1) is 12.6. The standard InChI is InChI=1S/C11H9N3O5/c15-11(16)8-3-10(13-5-9(8)14(17)18)12-4-7-1-2-19-6-7/h1-3,5-6H,4H2,(H,12,13)(H,15,16). The maximum atomic E-state index is 10.9. The molecule has 98 valence electrons. The van der Waals surface area contributed by atoms with Crippen molar-refractivity contribution in [3.05, 3.63) is 52.1 Å². The van der Waals surface area contributed by atoms with Gasteiger partial charge >= 0.3 is 11.7 Å². The fraction of sp³-hybridized carbons (Fsp3) is 0.0909. The lowest BCUT2D eigenvalue weighted by atomic mass is 10.2. The zero-order valence-corrected chi connectivity index (χ0v) is 9.57. The van der Waals surface area contributed by atoms with Crippen LogP contribution in [-0.4, -0.2) is 21.0 Å². The molecule has 0 fully saturated rings. The Morgan fingerprint density at radius 3 is 2.95 bits per heavy atom. The number of hydrogen-bond donors (Lipinski definition) is 2. The van der Waals surface area contributed by atoms with Crippen LogP contribution in [0.25, 0.3) is 0 Å². The van der Waals surface area contributed by atoms with E-state index in [4.69, 9.17) is 9.52 Å². The number of pyridine rings is 1. The van der Waals surface area contributed by atoms with E-state index >= 15 is 0 Å². The Balaban J connectivity index is 2.20. The number of aromatic carboxylic acids is 1. The first-order chi connectivity index (χ1) is 9.08. The number of carboxylic acids is 1. The van der Waals surface area contributed by atoms with E-state index in [1.54, 1.807) is 6.07 Å². The molecule has 2 aromatic heterocycles. The van der Waals surface area contributed by atoms with Crippen molar-refractivity contribution in [3.8, 4) is 0 Å². The Kier molecular flexibility index (Phi) is 3.42. The number of rotatable bonds is 5. The van der Waals surface area contributed by atoms with E-state index in [-0.39, 0.29) is 5.82 Å². The third-order valence-electron chi connectivity index (χ3n) is 2.36. The monoisotopic (exact) mass is 263 g/mol. The lowest BCUT2D eigenvalue weighted by Gasteiger charge is -2.05. The molecular weight excluding hydrogens is 254 g/mol. The number of carbonyl (C=O) groups is 1. The Hall–Kier alpha value is -2.90. The normalized spacial score (nSPS) is 10.1. The zero-order chi connectivity index (χ0) is 13.8. The summed E-state index contributed by atoms with van der Waals surface area (Å²) in [5.41, 5.74) is -0.104. The molecule has 0 atom stereocenters. The first-order valence-corrected chi connectivity index (χ1v) is 5.20. The number of furan rings is 1. The molecule has 0 aliphatic carbocycles. The highest BCUT2D eigenvalue weighted by molar-refractivity contribution is 5.93. The van der Waals surface area contributed by atoms with Gasteiger partial charge in [0.05, 0.1) is 17.4 Å². The van der Waals surface area contributed by atoms with Gasteiger partial charge in [0.25, 0.3) is 0 Å². The Morgan fingerprint density at radius 2 is 2.37 bits per heavy atom. The Morgan fingerprint density at radius 1 is 1.58 bits per heavy atom. The van der Waals surface area contributed by atoms with Gasteiger partial charge < -0.3 is 14.8 Å². The molecule has 0 aromatic carbocycles. The van der Waals surface area contributed by atoms with Crippen molar-refractivity contribution >= 4 is 17.5 Å². The van der Waals surface area contributed by atoms with Crippen LogP contribution in [-0.2, 0) is 6.54 Å². The van der Waals surface area contributed by atoms with Gasteiger partial charge in [0.2, 0.25) is 0 Å². The number of anilines is 1. The van der Waals surface area contributed by atoms with Crippen molar-refractivity contribution in [2.45, 2.75) is 6.54 Å². The van der Waals surface area contributed by atoms with E-state index < -0.39 is 22.1 Å². The second-order valence-corrected chi connectivity index (χ2v) is 3.63. The summed E-state index contributed by atoms with van der Waals surface area (Å²) in [6, 6.07) is 2.86. The van der Waals surface area contributed by atoms with Crippen LogP contribution in [0, 0.1) is 10.1 Å². The molecule has 19 heavy (non-hydrogen) atoms. The molecule has 0 aliphatic heterocycles. The fourth-order valence-corrected chi connectivity index (χ4v) is 1.45. The highest BCUT2D eigenvalue weighted by Gasteiger charge is 2.20. The third-order valence-corrected chi connectivity index (χ3v) is 2.36. The van der Waals surface area contributed by atoms with Crippen LogP contribution in [0.15, 0.2) is 35.3 Å². The molecule has 0 spiro atoms. The van der Waals surface area contributed by atoms with Gasteiger partial charge in [-0.1, -0.05) is 0 Å². The average Bonchev–Trinajstić information content (AvgIpc) is 2.88. The van der Waals surface area contributed by atoms with Crippen molar-refractivity contribution in [3.63, 3.8) is 0 Å². The summed E-state index contributed by atoms with van der Waals surface area (Å²) in [6.07, 6.45) is 3.95. The van der Waals surface area contributed by atoms with Crippen LogP contribution in [0.4, 0.5) is 11.5 Å². The lowest BCUT2D eigenvalue weighted by Crippen LogP contribution is -2.07. The summed E-state index contributed by atoms with van der Waals surface area (Å²) in [5.74, 6) is -1.13. The molecule has 2 heterocycles. The summed E-state index contributed by atoms with van der Waals surface area (Å²) in [5, 5.41) is 22.4. The van der Waals surface area contributed by atoms with Gasteiger partial charge in [-0.2, -0.15) is 0 Å². The van der Waals surface area contributed by atoms with Crippen molar-refractivity contribution in [2.24, 2.45) is 0 Å². The molecular formula is C11H9N3O5. The van der Waals surface area contributed by atoms with Crippen LogP contribution in [0.3, 0.4) is 0 Å². The Bertz CT molecular complexity index is 609. The topological polar surface area (TPSA) is 118 Å². The average molecular weight is 263 g/mol. The van der Waals surface area contributed by atoms with Crippen molar-refractivity contribution in [1.82, 2.24) is 4.98 Å². The van der Waals surface area contributed by atoms with E-state index in [0.29, 0.717) is 6.54 Å². The maximum absolute atomic E-state index is 10.9. The number of aromatic nitrogens is 1. The molecule has 8 nitrogen and oxygen atoms in total. The van der Waals surface area contributed by atoms with Gasteiger partial charge in [-0.05, 0) is 6.07 Å². The van der Waals surface area contributed by atoms with Crippen LogP contribution in [0.2, 0.25) is 0 Å². The molecule has 0 saturated carbocycles. The van der Waals surface area contributed by atoms with Crippen LogP contribution >= 0.6 is 0 Å². The van der Waals surface area contributed by atoms with E-state index in [2.05, 4.69) is 10.3 Å². The highest BCUT2D eigenvalue weighted by Crippen LogP contribution is 2.20. The second-order valence-electron chi connectivity index (χ2n) is 3.63. The van der Waals surface area contributed by atoms with E-state index in [1.165, 1.54) is 12.5 Å². The predicted molar refractivity (Wildman–Crippen MR) is 63.9 cm³/mol. The minimum absolute atomic E-state index is 0.240. The van der Waals surface area contributed by atoms with Gasteiger partial charge in [0.15, 0.2) is 0 Å². The lowest BCUT2D eigenvalue weighted by molar-refractivity contribution is -0.385. The quantitative estimate of drug-likeness (QED) is 0.624. The number of nitrogens with one attached hydrogen (secondary N) is 1. The van der Waals surface area contributed by atoms with E-state index in [1.807, 2.05) is 0 Å². The molecule has 2 rings (SSSR count). The molecule has 0 unspecified atom stereocenters. The van der Waals surface area contributed by atoms with Crippen LogP contribution < -0.4 is 5.32 Å². The third kappa shape index (κ3) is 2.86. The van der Waals surface area contributed by atoms with Crippen LogP contribution in [0.1, 0.15) is 15.9 Å². The molecule has 2 N–H and O–H groups in total. The number of nitro groups is 1. The number of nitrogens with zero attached hydrogens (tertiary/aromatic N) is 2. The van der Waals surface area contributed by atoms with Crippen molar-refractivity contribution in [1.29, 1.82) is 0 Å². The SMILES string of the molecule is O=C(O)c1cc(NCc2ccoc2)ncc1[N+](=O)[O-]. The fourth-order valence-electron chi connectivity index (χ4n) is 1.45. The minimum Gasteiger partial charge on any atom is -0.477 e. The molecule has 0 bridgehead atoms. The molecule has 0 saturated heterocycles. The Labute approximate surface area is 106 Å². The van der Waals surface area contributed by atoms with Crippen LogP contribution in [0.5, 0.6) is 0 Å². The van der Waals surface area contributed by atoms with Gasteiger partial charge in [-0.3, -0.25) is 10.1 Å². The minimum atomic E-state index is -1.37. The summed E-state index contributed by atoms with van der Waals surface area (Å²) >= 11 is 0. The molecule has 0 amide bonds. The summed E-state index contributed by atoms with van der Waals surface area (Å²) < 4.78 is 4.87. The highest BCUT2D eigenvalue weighted by atomic mass is 16.6. The van der Waals surface area contributed by atoms with E-state index in [0.717, 1.165) is 17.8 Å². The second kappa shape index (κ2) is 5.17. The van der Waals surface area contributed by atoms with E-state index in [9.17, 15) is 14.9 Å². The smallest absolute Gasteiger partial charge is 0.342 e. The van der Waals surface area contributed by atoms with Gasteiger partial charge in [-0.25, -0.2) is 9.78 Å². The van der Waals surface area contributed by atoms with Gasteiger partial charge in [-0.15, -0.1) is 0 Å². The maximum Gasteiger partial charge on any atom is 0.342 e. The largest absolute Gasteiger partial charge is 0.477 e. The summed E-state index contributed by atoms with van der Waals surface area (Å²) in [7, 11) is 0. The summed E-state index contributed by atoms with van der Waals surface area (Å²) in [4.78, 5) is 24.6. The number of carboxylic acid groups (broad SMARTS) is 1. The predicted octanol–water partition coefficient (Wildman–Crippen LogP) is 1.89. The summed E-state index contributed by atoms with van der Waals surface area (Å²) in [6.45, 7) is 0.375. The van der Waals surface area contributed by atoms with Gasteiger partial charge in [0.1, 0.15) is 17.6 Å². The molecule has 0 radical (unpaired) electrons. The molecule has 0 aliphatic rings.